The lowest BCUT2D eigenvalue weighted by atomic mass is 9.89. The number of hydrogen-bond donors (Lipinski definition) is 2. The Kier molecular flexibility index (Phi) is 7.68. The van der Waals surface area contributed by atoms with E-state index >= 15 is 0 Å². The SMILES string of the molecule is O=C(COC(=O)CNC(=O)C1CCCCC1)Nc1c(Cl)cccc1C(F)(F)F. The van der Waals surface area contributed by atoms with E-state index in [-0.39, 0.29) is 16.8 Å². The van der Waals surface area contributed by atoms with Gasteiger partial charge in [-0.25, -0.2) is 0 Å². The van der Waals surface area contributed by atoms with Crippen molar-refractivity contribution >= 4 is 35.1 Å². The second-order valence-corrected chi connectivity index (χ2v) is 6.83. The van der Waals surface area contributed by atoms with Gasteiger partial charge in [0.25, 0.3) is 5.91 Å². The van der Waals surface area contributed by atoms with Crippen LogP contribution in [0.4, 0.5) is 18.9 Å². The molecule has 2 N–H and O–H groups in total. The van der Waals surface area contributed by atoms with Gasteiger partial charge in [0.15, 0.2) is 6.61 Å². The molecule has 28 heavy (non-hydrogen) atoms. The van der Waals surface area contributed by atoms with Gasteiger partial charge in [-0.05, 0) is 25.0 Å². The molecule has 1 aromatic rings. The number of carbonyl (C=O) groups excluding carboxylic acids is 3. The first-order chi connectivity index (χ1) is 13.2. The second-order valence-electron chi connectivity index (χ2n) is 6.42. The molecule has 1 aliphatic carbocycles. The smallest absolute Gasteiger partial charge is 0.418 e. The zero-order chi connectivity index (χ0) is 20.7. The average molecular weight is 421 g/mol. The molecule has 1 fully saturated rings. The van der Waals surface area contributed by atoms with E-state index in [1.165, 1.54) is 6.07 Å². The fraction of sp³-hybridized carbons (Fsp3) is 0.500. The summed E-state index contributed by atoms with van der Waals surface area (Å²) in [6.07, 6.45) is -0.170. The average Bonchev–Trinajstić information content (AvgIpc) is 2.65. The van der Waals surface area contributed by atoms with Gasteiger partial charge < -0.3 is 15.4 Å². The summed E-state index contributed by atoms with van der Waals surface area (Å²) >= 11 is 5.73. The van der Waals surface area contributed by atoms with Crippen LogP contribution in [0, 0.1) is 5.92 Å². The summed E-state index contributed by atoms with van der Waals surface area (Å²) < 4.78 is 43.6. The number of para-hydroxylation sites is 1. The zero-order valence-electron chi connectivity index (χ0n) is 14.9. The number of carbonyl (C=O) groups is 3. The molecule has 1 saturated carbocycles. The maximum absolute atomic E-state index is 13.0. The summed E-state index contributed by atoms with van der Waals surface area (Å²) in [6.45, 7) is -1.22. The highest BCUT2D eigenvalue weighted by molar-refractivity contribution is 6.34. The standard InChI is InChI=1S/C18H20ClF3N2O4/c19-13-8-4-7-12(18(20,21)22)16(13)24-14(25)10-28-15(26)9-23-17(27)11-5-2-1-3-6-11/h4,7-8,11H,1-3,5-6,9-10H2,(H,23,27)(H,24,25). The molecule has 2 amide bonds. The minimum atomic E-state index is -4.71. The van der Waals surface area contributed by atoms with Crippen molar-refractivity contribution in [2.75, 3.05) is 18.5 Å². The van der Waals surface area contributed by atoms with Crippen LogP contribution in [-0.4, -0.2) is 30.9 Å². The fourth-order valence-corrected chi connectivity index (χ4v) is 3.15. The highest BCUT2D eigenvalue weighted by atomic mass is 35.5. The van der Waals surface area contributed by atoms with Gasteiger partial charge in [0.1, 0.15) is 6.54 Å². The number of benzene rings is 1. The summed E-state index contributed by atoms with van der Waals surface area (Å²) in [5.74, 6) is -2.22. The molecule has 0 aliphatic heterocycles. The van der Waals surface area contributed by atoms with Crippen molar-refractivity contribution in [1.29, 1.82) is 0 Å². The molecule has 1 aliphatic rings. The van der Waals surface area contributed by atoms with E-state index in [2.05, 4.69) is 10.1 Å². The molecule has 0 atom stereocenters. The quantitative estimate of drug-likeness (QED) is 0.689. The van der Waals surface area contributed by atoms with E-state index in [9.17, 15) is 27.6 Å². The van der Waals surface area contributed by atoms with Gasteiger partial charge in [0, 0.05) is 5.92 Å². The maximum Gasteiger partial charge on any atom is 0.418 e. The highest BCUT2D eigenvalue weighted by Gasteiger charge is 2.34. The minimum Gasteiger partial charge on any atom is -0.454 e. The van der Waals surface area contributed by atoms with Crippen molar-refractivity contribution in [3.05, 3.63) is 28.8 Å². The van der Waals surface area contributed by atoms with Crippen LogP contribution in [0.1, 0.15) is 37.7 Å². The van der Waals surface area contributed by atoms with Crippen LogP contribution in [0.3, 0.4) is 0 Å². The summed E-state index contributed by atoms with van der Waals surface area (Å²) in [6, 6.07) is 3.07. The lowest BCUT2D eigenvalue weighted by molar-refractivity contribution is -0.147. The number of esters is 1. The minimum absolute atomic E-state index is 0.133. The van der Waals surface area contributed by atoms with E-state index in [0.717, 1.165) is 44.2 Å². The molecule has 0 spiro atoms. The zero-order valence-corrected chi connectivity index (χ0v) is 15.7. The Labute approximate surface area is 164 Å². The summed E-state index contributed by atoms with van der Waals surface area (Å²) in [5.41, 5.74) is -1.72. The second kappa shape index (κ2) is 9.77. The molecular formula is C18H20ClF3N2O4. The molecule has 6 nitrogen and oxygen atoms in total. The molecule has 154 valence electrons. The fourth-order valence-electron chi connectivity index (χ4n) is 2.93. The number of ether oxygens (including phenoxy) is 1. The molecule has 2 rings (SSSR count). The van der Waals surface area contributed by atoms with E-state index < -0.39 is 42.5 Å². The van der Waals surface area contributed by atoms with Crippen LogP contribution >= 0.6 is 11.6 Å². The van der Waals surface area contributed by atoms with Crippen LogP contribution in [0.2, 0.25) is 5.02 Å². The Balaban J connectivity index is 1.81. The predicted molar refractivity (Wildman–Crippen MR) is 95.6 cm³/mol. The van der Waals surface area contributed by atoms with Gasteiger partial charge in [0.05, 0.1) is 16.3 Å². The Bertz CT molecular complexity index is 734. The molecule has 0 unspecified atom stereocenters. The lowest BCUT2D eigenvalue weighted by Gasteiger charge is -2.20. The van der Waals surface area contributed by atoms with Crippen LogP contribution in [0.15, 0.2) is 18.2 Å². The van der Waals surface area contributed by atoms with Crippen LogP contribution in [0.5, 0.6) is 0 Å². The topological polar surface area (TPSA) is 84.5 Å². The number of nitrogens with one attached hydrogen (secondary N) is 2. The molecule has 0 heterocycles. The van der Waals surface area contributed by atoms with Gasteiger partial charge in [-0.3, -0.25) is 14.4 Å². The number of halogens is 4. The monoisotopic (exact) mass is 420 g/mol. The summed E-state index contributed by atoms with van der Waals surface area (Å²) in [5, 5.41) is 4.15. The third-order valence-corrected chi connectivity index (χ3v) is 4.65. The molecule has 0 aromatic heterocycles. The van der Waals surface area contributed by atoms with E-state index in [4.69, 9.17) is 11.6 Å². The summed E-state index contributed by atoms with van der Waals surface area (Å²) in [7, 11) is 0. The normalized spacial score (nSPS) is 15.0. The first-order valence-corrected chi connectivity index (χ1v) is 9.15. The third kappa shape index (κ3) is 6.40. The Morgan fingerprint density at radius 1 is 1.14 bits per heavy atom. The molecule has 0 radical (unpaired) electrons. The number of anilines is 1. The van der Waals surface area contributed by atoms with Gasteiger partial charge >= 0.3 is 12.1 Å². The summed E-state index contributed by atoms with van der Waals surface area (Å²) in [4.78, 5) is 35.4. The number of hydrogen-bond acceptors (Lipinski definition) is 4. The molecule has 0 saturated heterocycles. The predicted octanol–water partition coefficient (Wildman–Crippen LogP) is 3.54. The largest absolute Gasteiger partial charge is 0.454 e. The van der Waals surface area contributed by atoms with Crippen molar-refractivity contribution < 1.29 is 32.3 Å². The van der Waals surface area contributed by atoms with Crippen molar-refractivity contribution in [2.24, 2.45) is 5.92 Å². The van der Waals surface area contributed by atoms with Gasteiger partial charge in [-0.1, -0.05) is 36.9 Å². The van der Waals surface area contributed by atoms with Crippen LogP contribution in [0.25, 0.3) is 0 Å². The lowest BCUT2D eigenvalue weighted by Crippen LogP contribution is -2.36. The Hall–Kier alpha value is -2.29. The molecular weight excluding hydrogens is 401 g/mol. The molecule has 10 heteroatoms. The van der Waals surface area contributed by atoms with E-state index in [1.54, 1.807) is 0 Å². The molecule has 0 bridgehead atoms. The van der Waals surface area contributed by atoms with Gasteiger partial charge in [0.2, 0.25) is 5.91 Å². The van der Waals surface area contributed by atoms with Crippen molar-refractivity contribution in [3.63, 3.8) is 0 Å². The Morgan fingerprint density at radius 3 is 2.46 bits per heavy atom. The first-order valence-electron chi connectivity index (χ1n) is 8.77. The molecule has 1 aromatic carbocycles. The van der Waals surface area contributed by atoms with E-state index in [0.29, 0.717) is 0 Å². The van der Waals surface area contributed by atoms with Crippen molar-refractivity contribution in [2.45, 2.75) is 38.3 Å². The number of rotatable bonds is 6. The van der Waals surface area contributed by atoms with E-state index in [1.807, 2.05) is 5.32 Å². The number of alkyl halides is 3. The van der Waals surface area contributed by atoms with Crippen LogP contribution < -0.4 is 10.6 Å². The van der Waals surface area contributed by atoms with Crippen molar-refractivity contribution in [3.8, 4) is 0 Å². The van der Waals surface area contributed by atoms with Crippen LogP contribution in [-0.2, 0) is 25.3 Å². The van der Waals surface area contributed by atoms with Gasteiger partial charge in [-0.2, -0.15) is 13.2 Å². The number of amides is 2. The van der Waals surface area contributed by atoms with Crippen molar-refractivity contribution in [1.82, 2.24) is 5.32 Å². The Morgan fingerprint density at radius 2 is 1.82 bits per heavy atom. The third-order valence-electron chi connectivity index (χ3n) is 4.33. The highest BCUT2D eigenvalue weighted by Crippen LogP contribution is 2.38. The first kappa shape index (κ1) is 22.0. The maximum atomic E-state index is 13.0. The van der Waals surface area contributed by atoms with Gasteiger partial charge in [-0.15, -0.1) is 0 Å².